The average molecular weight is 351 g/mol. The number of hydrogen-bond acceptors (Lipinski definition) is 3. The second kappa shape index (κ2) is 8.56. The first kappa shape index (κ1) is 17.3. The van der Waals surface area contributed by atoms with Crippen molar-refractivity contribution in [3.8, 4) is 5.75 Å². The average Bonchev–Trinajstić information content (AvgIpc) is 2.55. The van der Waals surface area contributed by atoms with E-state index in [2.05, 4.69) is 10.5 Å². The SMILES string of the molecule is C[C@@H](Oc1ccc(Cl)cc1Cl)C(=O)N/N=C\Cc1ccccc1. The van der Waals surface area contributed by atoms with Crippen molar-refractivity contribution in [2.75, 3.05) is 0 Å². The van der Waals surface area contributed by atoms with Crippen LogP contribution in [0.25, 0.3) is 0 Å². The summed E-state index contributed by atoms with van der Waals surface area (Å²) in [4.78, 5) is 11.9. The number of rotatable bonds is 6. The molecule has 23 heavy (non-hydrogen) atoms. The van der Waals surface area contributed by atoms with Crippen LogP contribution in [0.1, 0.15) is 12.5 Å². The van der Waals surface area contributed by atoms with Crippen molar-refractivity contribution in [2.45, 2.75) is 19.4 Å². The zero-order chi connectivity index (χ0) is 16.7. The summed E-state index contributed by atoms with van der Waals surface area (Å²) in [6, 6.07) is 14.6. The third kappa shape index (κ3) is 5.58. The van der Waals surface area contributed by atoms with E-state index in [9.17, 15) is 4.79 Å². The minimum absolute atomic E-state index is 0.352. The Kier molecular flexibility index (Phi) is 6.44. The second-order valence-electron chi connectivity index (χ2n) is 4.81. The molecule has 6 heteroatoms. The van der Waals surface area contributed by atoms with E-state index in [0.29, 0.717) is 22.2 Å². The van der Waals surface area contributed by atoms with E-state index in [4.69, 9.17) is 27.9 Å². The monoisotopic (exact) mass is 350 g/mol. The summed E-state index contributed by atoms with van der Waals surface area (Å²) < 4.78 is 5.50. The fourth-order valence-corrected chi connectivity index (χ4v) is 2.23. The first-order valence-electron chi connectivity index (χ1n) is 7.03. The Morgan fingerprint density at radius 1 is 1.26 bits per heavy atom. The van der Waals surface area contributed by atoms with Gasteiger partial charge in [0.05, 0.1) is 5.02 Å². The van der Waals surface area contributed by atoms with Crippen LogP contribution in [-0.4, -0.2) is 18.2 Å². The summed E-state index contributed by atoms with van der Waals surface area (Å²) in [6.07, 6.45) is 1.54. The van der Waals surface area contributed by atoms with Gasteiger partial charge < -0.3 is 4.74 Å². The molecule has 0 fully saturated rings. The molecule has 0 aliphatic carbocycles. The number of carbonyl (C=O) groups is 1. The molecule has 0 heterocycles. The van der Waals surface area contributed by atoms with Gasteiger partial charge in [-0.2, -0.15) is 5.10 Å². The van der Waals surface area contributed by atoms with Crippen LogP contribution in [-0.2, 0) is 11.2 Å². The van der Waals surface area contributed by atoms with Crippen LogP contribution in [0.4, 0.5) is 0 Å². The first-order valence-corrected chi connectivity index (χ1v) is 7.79. The van der Waals surface area contributed by atoms with E-state index < -0.39 is 6.10 Å². The highest BCUT2D eigenvalue weighted by atomic mass is 35.5. The van der Waals surface area contributed by atoms with Crippen LogP contribution >= 0.6 is 23.2 Å². The number of amides is 1. The van der Waals surface area contributed by atoms with Crippen molar-refractivity contribution in [1.82, 2.24) is 5.43 Å². The molecular formula is C17H16Cl2N2O2. The van der Waals surface area contributed by atoms with E-state index in [0.717, 1.165) is 5.56 Å². The Hall–Kier alpha value is -2.04. The number of carbonyl (C=O) groups excluding carboxylic acids is 1. The van der Waals surface area contributed by atoms with Gasteiger partial charge in [-0.25, -0.2) is 5.43 Å². The molecule has 4 nitrogen and oxygen atoms in total. The lowest BCUT2D eigenvalue weighted by molar-refractivity contribution is -0.127. The molecule has 0 saturated carbocycles. The number of nitrogens with zero attached hydrogens (tertiary/aromatic N) is 1. The quantitative estimate of drug-likeness (QED) is 0.629. The standard InChI is InChI=1S/C17H16Cl2N2O2/c1-12(23-16-8-7-14(18)11-15(16)19)17(22)21-20-10-9-13-5-3-2-4-6-13/h2-8,10-12H,9H2,1H3,(H,21,22)/b20-10-/t12-/m1/s1. The van der Waals surface area contributed by atoms with E-state index >= 15 is 0 Å². The van der Waals surface area contributed by atoms with Crippen molar-refractivity contribution in [3.63, 3.8) is 0 Å². The highest BCUT2D eigenvalue weighted by Gasteiger charge is 2.15. The molecule has 0 aromatic heterocycles. The lowest BCUT2D eigenvalue weighted by atomic mass is 10.2. The minimum Gasteiger partial charge on any atom is -0.479 e. The Morgan fingerprint density at radius 3 is 2.70 bits per heavy atom. The van der Waals surface area contributed by atoms with Gasteiger partial charge in [-0.1, -0.05) is 53.5 Å². The van der Waals surface area contributed by atoms with Crippen molar-refractivity contribution >= 4 is 35.3 Å². The zero-order valence-corrected chi connectivity index (χ0v) is 14.0. The van der Waals surface area contributed by atoms with Crippen molar-refractivity contribution in [2.24, 2.45) is 5.10 Å². The second-order valence-corrected chi connectivity index (χ2v) is 5.66. The molecule has 0 radical (unpaired) electrons. The Bertz CT molecular complexity index is 690. The predicted molar refractivity (Wildman–Crippen MR) is 93.3 cm³/mol. The summed E-state index contributed by atoms with van der Waals surface area (Å²) in [5.41, 5.74) is 3.55. The van der Waals surface area contributed by atoms with Crippen molar-refractivity contribution < 1.29 is 9.53 Å². The lowest BCUT2D eigenvalue weighted by Gasteiger charge is -2.14. The summed E-state index contributed by atoms with van der Waals surface area (Å²) >= 11 is 11.8. The summed E-state index contributed by atoms with van der Waals surface area (Å²) in [7, 11) is 0. The molecular weight excluding hydrogens is 335 g/mol. The largest absolute Gasteiger partial charge is 0.479 e. The highest BCUT2D eigenvalue weighted by molar-refractivity contribution is 6.35. The van der Waals surface area contributed by atoms with Gasteiger partial charge in [0, 0.05) is 17.7 Å². The van der Waals surface area contributed by atoms with Crippen LogP contribution in [0.3, 0.4) is 0 Å². The topological polar surface area (TPSA) is 50.7 Å². The maximum Gasteiger partial charge on any atom is 0.280 e. The minimum atomic E-state index is -0.734. The number of hydrazone groups is 1. The molecule has 0 spiro atoms. The number of benzene rings is 2. The van der Waals surface area contributed by atoms with Gasteiger partial charge in [-0.15, -0.1) is 0 Å². The van der Waals surface area contributed by atoms with E-state index in [1.54, 1.807) is 31.3 Å². The van der Waals surface area contributed by atoms with Gasteiger partial charge >= 0.3 is 0 Å². The molecule has 1 N–H and O–H groups in total. The normalized spacial score (nSPS) is 12.1. The molecule has 1 amide bonds. The summed E-state index contributed by atoms with van der Waals surface area (Å²) in [5, 5.41) is 4.76. The number of halogens is 2. The van der Waals surface area contributed by atoms with Crippen molar-refractivity contribution in [1.29, 1.82) is 0 Å². The van der Waals surface area contributed by atoms with Crippen LogP contribution in [0.5, 0.6) is 5.75 Å². The Morgan fingerprint density at radius 2 is 2.00 bits per heavy atom. The zero-order valence-electron chi connectivity index (χ0n) is 12.5. The smallest absolute Gasteiger partial charge is 0.280 e. The molecule has 2 rings (SSSR count). The van der Waals surface area contributed by atoms with Gasteiger partial charge in [-0.3, -0.25) is 4.79 Å². The third-order valence-corrected chi connectivity index (χ3v) is 3.53. The number of ether oxygens (including phenoxy) is 1. The van der Waals surface area contributed by atoms with E-state index in [1.807, 2.05) is 30.3 Å². The molecule has 0 aliphatic heterocycles. The lowest BCUT2D eigenvalue weighted by Crippen LogP contribution is -2.33. The first-order chi connectivity index (χ1) is 11.1. The third-order valence-electron chi connectivity index (χ3n) is 3.00. The molecule has 1 atom stereocenters. The van der Waals surface area contributed by atoms with Crippen LogP contribution < -0.4 is 10.2 Å². The van der Waals surface area contributed by atoms with Crippen molar-refractivity contribution in [3.05, 3.63) is 64.1 Å². The maximum absolute atomic E-state index is 11.9. The highest BCUT2D eigenvalue weighted by Crippen LogP contribution is 2.28. The molecule has 120 valence electrons. The molecule has 0 bridgehead atoms. The molecule has 0 saturated heterocycles. The van der Waals surface area contributed by atoms with Crippen LogP contribution in [0.15, 0.2) is 53.6 Å². The van der Waals surface area contributed by atoms with Crippen LogP contribution in [0.2, 0.25) is 10.0 Å². The Labute approximate surface area is 145 Å². The van der Waals surface area contributed by atoms with E-state index in [-0.39, 0.29) is 5.91 Å². The fourth-order valence-electron chi connectivity index (χ4n) is 1.78. The van der Waals surface area contributed by atoms with Gasteiger partial charge in [0.15, 0.2) is 6.10 Å². The Balaban J connectivity index is 1.83. The summed E-state index contributed by atoms with van der Waals surface area (Å²) in [5.74, 6) is 0.0345. The predicted octanol–water partition coefficient (Wildman–Crippen LogP) is 4.11. The number of hydrogen-bond donors (Lipinski definition) is 1. The van der Waals surface area contributed by atoms with Gasteiger partial charge in [0.25, 0.3) is 5.91 Å². The number of nitrogens with one attached hydrogen (secondary N) is 1. The van der Waals surface area contributed by atoms with E-state index in [1.165, 1.54) is 0 Å². The molecule has 2 aromatic rings. The molecule has 0 unspecified atom stereocenters. The van der Waals surface area contributed by atoms with Gasteiger partial charge in [-0.05, 0) is 30.7 Å². The molecule has 2 aromatic carbocycles. The van der Waals surface area contributed by atoms with Gasteiger partial charge in [0.2, 0.25) is 0 Å². The fraction of sp³-hybridized carbons (Fsp3) is 0.176. The summed E-state index contributed by atoms with van der Waals surface area (Å²) in [6.45, 7) is 1.62. The molecule has 0 aliphatic rings. The maximum atomic E-state index is 11.9. The van der Waals surface area contributed by atoms with Gasteiger partial charge in [0.1, 0.15) is 5.75 Å². The van der Waals surface area contributed by atoms with Crippen LogP contribution in [0, 0.1) is 0 Å².